The van der Waals surface area contributed by atoms with Crippen LogP contribution < -0.4 is 5.32 Å². The van der Waals surface area contributed by atoms with Crippen molar-refractivity contribution >= 4 is 40.8 Å². The van der Waals surface area contributed by atoms with E-state index in [0.717, 1.165) is 0 Å². The summed E-state index contributed by atoms with van der Waals surface area (Å²) in [5.41, 5.74) is 0.313. The molecule has 1 heterocycles. The fourth-order valence-corrected chi connectivity index (χ4v) is 1.74. The van der Waals surface area contributed by atoms with E-state index in [0.29, 0.717) is 0 Å². The van der Waals surface area contributed by atoms with Gasteiger partial charge in [-0.2, -0.15) is 0 Å². The third-order valence-electron chi connectivity index (χ3n) is 2.26. The quantitative estimate of drug-likeness (QED) is 0.908. The number of furan rings is 1. The molecule has 98 valence electrons. The van der Waals surface area contributed by atoms with Gasteiger partial charge in [0.25, 0.3) is 5.91 Å². The number of nitrogens with one attached hydrogen (secondary N) is 1. The number of carbonyl (C=O) groups excluding carboxylic acids is 1. The highest BCUT2D eigenvalue weighted by molar-refractivity contribution is 6.34. The SMILES string of the molecule is O=C(O)c1ccc(NC(=O)c2ccc(Cl)o2)c(Cl)c1. The number of carbonyl (C=O) groups is 2. The van der Waals surface area contributed by atoms with Gasteiger partial charge in [0.05, 0.1) is 16.3 Å². The van der Waals surface area contributed by atoms with Gasteiger partial charge in [-0.25, -0.2) is 4.79 Å². The van der Waals surface area contributed by atoms with E-state index in [1.54, 1.807) is 0 Å². The van der Waals surface area contributed by atoms with Crippen molar-refractivity contribution in [2.24, 2.45) is 0 Å². The van der Waals surface area contributed by atoms with Crippen LogP contribution in [0, 0.1) is 0 Å². The Morgan fingerprint density at radius 1 is 1.16 bits per heavy atom. The number of aromatic carboxylic acids is 1. The number of hydrogen-bond donors (Lipinski definition) is 2. The van der Waals surface area contributed by atoms with Crippen molar-refractivity contribution in [3.05, 3.63) is 51.9 Å². The van der Waals surface area contributed by atoms with E-state index in [1.807, 2.05) is 0 Å². The van der Waals surface area contributed by atoms with Gasteiger partial charge in [0.15, 0.2) is 11.0 Å². The molecule has 7 heteroatoms. The molecule has 19 heavy (non-hydrogen) atoms. The number of amides is 1. The number of carboxylic acid groups (broad SMARTS) is 1. The monoisotopic (exact) mass is 299 g/mol. The molecule has 0 fully saturated rings. The predicted octanol–water partition coefficient (Wildman–Crippen LogP) is 3.54. The summed E-state index contributed by atoms with van der Waals surface area (Å²) in [4.78, 5) is 22.5. The Labute approximate surface area is 117 Å². The summed E-state index contributed by atoms with van der Waals surface area (Å²) in [5.74, 6) is -1.60. The molecule has 2 rings (SSSR count). The number of rotatable bonds is 3. The second-order valence-corrected chi connectivity index (χ2v) is 4.34. The van der Waals surface area contributed by atoms with Gasteiger partial charge < -0.3 is 14.8 Å². The van der Waals surface area contributed by atoms with Crippen molar-refractivity contribution in [2.75, 3.05) is 5.32 Å². The largest absolute Gasteiger partial charge is 0.478 e. The molecule has 0 saturated heterocycles. The van der Waals surface area contributed by atoms with E-state index in [9.17, 15) is 9.59 Å². The lowest BCUT2D eigenvalue weighted by molar-refractivity contribution is 0.0696. The van der Waals surface area contributed by atoms with Gasteiger partial charge in [-0.3, -0.25) is 4.79 Å². The number of hydrogen-bond acceptors (Lipinski definition) is 3. The Morgan fingerprint density at radius 2 is 1.89 bits per heavy atom. The van der Waals surface area contributed by atoms with Crippen molar-refractivity contribution < 1.29 is 19.1 Å². The lowest BCUT2D eigenvalue weighted by Gasteiger charge is -2.06. The number of halogens is 2. The molecule has 0 aliphatic carbocycles. The summed E-state index contributed by atoms with van der Waals surface area (Å²) >= 11 is 11.4. The van der Waals surface area contributed by atoms with Gasteiger partial charge in [0.2, 0.25) is 0 Å². The number of benzene rings is 1. The van der Waals surface area contributed by atoms with Crippen LogP contribution in [0.25, 0.3) is 0 Å². The highest BCUT2D eigenvalue weighted by atomic mass is 35.5. The van der Waals surface area contributed by atoms with Crippen LogP contribution in [0.5, 0.6) is 0 Å². The Hall–Kier alpha value is -1.98. The van der Waals surface area contributed by atoms with Crippen LogP contribution >= 0.6 is 23.2 Å². The van der Waals surface area contributed by atoms with E-state index in [1.165, 1.54) is 30.3 Å². The summed E-state index contributed by atoms with van der Waals surface area (Å²) in [6.45, 7) is 0. The van der Waals surface area contributed by atoms with E-state index in [4.69, 9.17) is 32.7 Å². The van der Waals surface area contributed by atoms with Crippen LogP contribution in [0.1, 0.15) is 20.9 Å². The molecule has 0 atom stereocenters. The highest BCUT2D eigenvalue weighted by Crippen LogP contribution is 2.24. The van der Waals surface area contributed by atoms with E-state index in [2.05, 4.69) is 5.32 Å². The first kappa shape index (κ1) is 13.5. The van der Waals surface area contributed by atoms with Crippen LogP contribution in [-0.2, 0) is 0 Å². The van der Waals surface area contributed by atoms with Crippen molar-refractivity contribution in [1.29, 1.82) is 0 Å². The summed E-state index contributed by atoms with van der Waals surface area (Å²) in [6.07, 6.45) is 0. The van der Waals surface area contributed by atoms with Crippen molar-refractivity contribution in [3.8, 4) is 0 Å². The van der Waals surface area contributed by atoms with Crippen molar-refractivity contribution in [3.63, 3.8) is 0 Å². The standard InChI is InChI=1S/C12H7Cl2NO4/c13-7-5-6(12(17)18)1-2-8(7)15-11(16)9-3-4-10(14)19-9/h1-5H,(H,15,16)(H,17,18). The van der Waals surface area contributed by atoms with Crippen LogP contribution in [0.4, 0.5) is 5.69 Å². The van der Waals surface area contributed by atoms with Gasteiger partial charge in [-0.15, -0.1) is 0 Å². The lowest BCUT2D eigenvalue weighted by atomic mass is 10.2. The first-order valence-electron chi connectivity index (χ1n) is 5.07. The Kier molecular flexibility index (Phi) is 3.78. The van der Waals surface area contributed by atoms with Crippen molar-refractivity contribution in [1.82, 2.24) is 0 Å². The maximum atomic E-state index is 11.8. The molecular formula is C12H7Cl2NO4. The second kappa shape index (κ2) is 5.34. The molecule has 1 aromatic heterocycles. The third kappa shape index (κ3) is 3.07. The molecule has 0 unspecified atom stereocenters. The molecule has 5 nitrogen and oxygen atoms in total. The zero-order valence-electron chi connectivity index (χ0n) is 9.31. The van der Waals surface area contributed by atoms with E-state index < -0.39 is 11.9 Å². The fraction of sp³-hybridized carbons (Fsp3) is 0. The molecular weight excluding hydrogens is 293 g/mol. The van der Waals surface area contributed by atoms with Crippen LogP contribution in [0.15, 0.2) is 34.7 Å². The van der Waals surface area contributed by atoms with E-state index >= 15 is 0 Å². The maximum Gasteiger partial charge on any atom is 0.335 e. The molecule has 2 aromatic rings. The molecule has 1 amide bonds. The lowest BCUT2D eigenvalue weighted by Crippen LogP contribution is -2.11. The Balaban J connectivity index is 2.20. The molecule has 0 spiro atoms. The van der Waals surface area contributed by atoms with Gasteiger partial charge in [0.1, 0.15) is 0 Å². The van der Waals surface area contributed by atoms with E-state index in [-0.39, 0.29) is 27.3 Å². The first-order valence-corrected chi connectivity index (χ1v) is 5.82. The number of carboxylic acids is 1. The van der Waals surface area contributed by atoms with Gasteiger partial charge in [-0.1, -0.05) is 11.6 Å². The van der Waals surface area contributed by atoms with Gasteiger partial charge in [-0.05, 0) is 41.9 Å². The van der Waals surface area contributed by atoms with Crippen molar-refractivity contribution in [2.45, 2.75) is 0 Å². The normalized spacial score (nSPS) is 10.2. The average molecular weight is 300 g/mol. The minimum Gasteiger partial charge on any atom is -0.478 e. The molecule has 0 bridgehead atoms. The summed E-state index contributed by atoms with van der Waals surface area (Å²) in [6, 6.07) is 6.82. The summed E-state index contributed by atoms with van der Waals surface area (Å²) < 4.78 is 4.94. The fourth-order valence-electron chi connectivity index (χ4n) is 1.37. The molecule has 0 aliphatic heterocycles. The molecule has 0 radical (unpaired) electrons. The van der Waals surface area contributed by atoms with Crippen LogP contribution in [0.2, 0.25) is 10.2 Å². The third-order valence-corrected chi connectivity index (χ3v) is 2.78. The Bertz CT molecular complexity index is 651. The average Bonchev–Trinajstić information content (AvgIpc) is 2.78. The zero-order chi connectivity index (χ0) is 14.0. The first-order chi connectivity index (χ1) is 8.97. The van der Waals surface area contributed by atoms with Gasteiger partial charge in [0, 0.05) is 0 Å². The van der Waals surface area contributed by atoms with Crippen LogP contribution in [0.3, 0.4) is 0 Å². The molecule has 0 saturated carbocycles. The minimum absolute atomic E-state index is 0.0309. The summed E-state index contributed by atoms with van der Waals surface area (Å²) in [7, 11) is 0. The smallest absolute Gasteiger partial charge is 0.335 e. The minimum atomic E-state index is -1.10. The molecule has 0 aliphatic rings. The molecule has 1 aromatic carbocycles. The Morgan fingerprint density at radius 3 is 2.42 bits per heavy atom. The highest BCUT2D eigenvalue weighted by Gasteiger charge is 2.13. The topological polar surface area (TPSA) is 79.5 Å². The predicted molar refractivity (Wildman–Crippen MR) is 70.1 cm³/mol. The molecule has 2 N–H and O–H groups in total. The zero-order valence-corrected chi connectivity index (χ0v) is 10.8. The summed E-state index contributed by atoms with van der Waals surface area (Å²) in [5, 5.41) is 11.5. The second-order valence-electron chi connectivity index (χ2n) is 3.56. The number of anilines is 1. The maximum absolute atomic E-state index is 11.8. The van der Waals surface area contributed by atoms with Crippen LogP contribution in [-0.4, -0.2) is 17.0 Å². The van der Waals surface area contributed by atoms with Gasteiger partial charge >= 0.3 is 5.97 Å².